The van der Waals surface area contributed by atoms with Gasteiger partial charge in [-0.2, -0.15) is 0 Å². The predicted molar refractivity (Wildman–Crippen MR) is 108 cm³/mol. The first-order valence-corrected chi connectivity index (χ1v) is 8.92. The number of benzene rings is 2. The largest absolute Gasteiger partial charge is 0.497 e. The van der Waals surface area contributed by atoms with E-state index in [0.717, 1.165) is 42.7 Å². The average molecular weight is 375 g/mol. The van der Waals surface area contributed by atoms with E-state index in [9.17, 15) is 4.79 Å². The van der Waals surface area contributed by atoms with E-state index in [4.69, 9.17) is 10.5 Å². The number of nitrogen functional groups attached to an aromatic ring is 1. The molecule has 1 fully saturated rings. The summed E-state index contributed by atoms with van der Waals surface area (Å²) in [7, 11) is 1.66. The van der Waals surface area contributed by atoms with Gasteiger partial charge in [-0.05, 0) is 48.6 Å². The molecule has 3 N–H and O–H groups in total. The lowest BCUT2D eigenvalue weighted by Gasteiger charge is -2.31. The highest BCUT2D eigenvalue weighted by Gasteiger charge is 2.36. The maximum Gasteiger partial charge on any atom is 0.221 e. The Labute approximate surface area is 161 Å². The van der Waals surface area contributed by atoms with Crippen LogP contribution in [0.4, 0.5) is 5.69 Å². The van der Waals surface area contributed by atoms with Gasteiger partial charge in [0.2, 0.25) is 5.91 Å². The van der Waals surface area contributed by atoms with Crippen molar-refractivity contribution >= 4 is 24.0 Å². The molecular formula is C21H27ClN2O2. The summed E-state index contributed by atoms with van der Waals surface area (Å²) in [5, 5.41) is 3.32. The minimum absolute atomic E-state index is 0. The fraction of sp³-hybridized carbons (Fsp3) is 0.381. The van der Waals surface area contributed by atoms with Crippen molar-refractivity contribution in [3.05, 3.63) is 59.7 Å². The van der Waals surface area contributed by atoms with E-state index in [2.05, 4.69) is 17.4 Å². The standard InChI is InChI=1S/C21H26N2O2.ClH/c1-25-18-11-9-17(10-12-18)21(14-4-5-15-21)23-20(24)13-8-16-6-2-3-7-19(16)22;/h2-3,6-7,9-12H,4-5,8,13-15,22H2,1H3,(H,23,24);1H. The SMILES string of the molecule is COc1ccc(C2(NC(=O)CCc3ccccc3N)CCCC2)cc1.Cl. The van der Waals surface area contributed by atoms with Crippen LogP contribution in [0.15, 0.2) is 48.5 Å². The fourth-order valence-corrected chi connectivity index (χ4v) is 3.71. The Bertz CT molecular complexity index is 725. The second-order valence-corrected chi connectivity index (χ2v) is 6.76. The average Bonchev–Trinajstić information content (AvgIpc) is 3.10. The molecule has 0 saturated heterocycles. The minimum Gasteiger partial charge on any atom is -0.497 e. The fourth-order valence-electron chi connectivity index (χ4n) is 3.71. The normalized spacial score (nSPS) is 15.1. The van der Waals surface area contributed by atoms with Crippen molar-refractivity contribution in [1.29, 1.82) is 0 Å². The number of hydrogen-bond donors (Lipinski definition) is 2. The summed E-state index contributed by atoms with van der Waals surface area (Å²) in [5.74, 6) is 0.920. The number of carbonyl (C=O) groups is 1. The molecule has 2 aromatic rings. The number of carbonyl (C=O) groups excluding carboxylic acids is 1. The van der Waals surface area contributed by atoms with E-state index in [0.29, 0.717) is 12.8 Å². The molecule has 0 atom stereocenters. The van der Waals surface area contributed by atoms with E-state index in [1.165, 1.54) is 5.56 Å². The van der Waals surface area contributed by atoms with E-state index in [1.54, 1.807) is 7.11 Å². The van der Waals surface area contributed by atoms with Crippen molar-refractivity contribution in [3.8, 4) is 5.75 Å². The van der Waals surface area contributed by atoms with Crippen LogP contribution in [0.25, 0.3) is 0 Å². The van der Waals surface area contributed by atoms with E-state index in [-0.39, 0.29) is 23.9 Å². The van der Waals surface area contributed by atoms with Crippen molar-refractivity contribution in [2.24, 2.45) is 0 Å². The Hall–Kier alpha value is -2.20. The van der Waals surface area contributed by atoms with Gasteiger partial charge in [0.15, 0.2) is 0 Å². The number of nitrogens with two attached hydrogens (primary N) is 1. The summed E-state index contributed by atoms with van der Waals surface area (Å²) in [5.41, 5.74) is 8.67. The van der Waals surface area contributed by atoms with Crippen molar-refractivity contribution in [1.82, 2.24) is 5.32 Å². The van der Waals surface area contributed by atoms with E-state index >= 15 is 0 Å². The van der Waals surface area contributed by atoms with Crippen LogP contribution in [0.2, 0.25) is 0 Å². The van der Waals surface area contributed by atoms with Crippen LogP contribution in [-0.4, -0.2) is 13.0 Å². The summed E-state index contributed by atoms with van der Waals surface area (Å²) < 4.78 is 5.25. The van der Waals surface area contributed by atoms with Gasteiger partial charge >= 0.3 is 0 Å². The Balaban J connectivity index is 0.00000243. The first-order valence-electron chi connectivity index (χ1n) is 8.92. The van der Waals surface area contributed by atoms with Crippen molar-refractivity contribution < 1.29 is 9.53 Å². The number of methoxy groups -OCH3 is 1. The lowest BCUT2D eigenvalue weighted by molar-refractivity contribution is -0.123. The molecule has 1 amide bonds. The van der Waals surface area contributed by atoms with Crippen LogP contribution in [0.5, 0.6) is 5.75 Å². The number of amides is 1. The van der Waals surface area contributed by atoms with Gasteiger partial charge in [-0.15, -0.1) is 12.4 Å². The second-order valence-electron chi connectivity index (χ2n) is 6.76. The van der Waals surface area contributed by atoms with Gasteiger partial charge in [0, 0.05) is 12.1 Å². The topological polar surface area (TPSA) is 64.3 Å². The van der Waals surface area contributed by atoms with E-state index in [1.807, 2.05) is 36.4 Å². The van der Waals surface area contributed by atoms with Crippen LogP contribution in [0.1, 0.15) is 43.2 Å². The third-order valence-electron chi connectivity index (χ3n) is 5.15. The van der Waals surface area contributed by atoms with Gasteiger partial charge < -0.3 is 15.8 Å². The Morgan fingerprint density at radius 3 is 2.38 bits per heavy atom. The number of ether oxygens (including phenoxy) is 1. The number of nitrogens with one attached hydrogen (secondary N) is 1. The molecule has 3 rings (SSSR count). The molecule has 2 aromatic carbocycles. The quantitative estimate of drug-likeness (QED) is 0.744. The molecule has 0 radical (unpaired) electrons. The maximum absolute atomic E-state index is 12.6. The molecule has 1 aliphatic carbocycles. The monoisotopic (exact) mass is 374 g/mol. The maximum atomic E-state index is 12.6. The number of hydrogen-bond acceptors (Lipinski definition) is 3. The molecule has 0 spiro atoms. The van der Waals surface area contributed by atoms with Crippen molar-refractivity contribution in [2.45, 2.75) is 44.1 Å². The minimum atomic E-state index is -0.244. The summed E-state index contributed by atoms with van der Waals surface area (Å²) in [6.45, 7) is 0. The smallest absolute Gasteiger partial charge is 0.221 e. The summed E-state index contributed by atoms with van der Waals surface area (Å²) in [6.07, 6.45) is 5.36. The molecule has 0 heterocycles. The third-order valence-corrected chi connectivity index (χ3v) is 5.15. The lowest BCUT2D eigenvalue weighted by atomic mass is 9.87. The molecule has 5 heteroatoms. The molecule has 1 saturated carbocycles. The van der Waals surface area contributed by atoms with Crippen LogP contribution < -0.4 is 15.8 Å². The molecule has 26 heavy (non-hydrogen) atoms. The zero-order valence-corrected chi connectivity index (χ0v) is 16.0. The molecule has 0 aliphatic heterocycles. The van der Waals surface area contributed by atoms with E-state index < -0.39 is 0 Å². The molecule has 1 aliphatic rings. The molecular weight excluding hydrogens is 348 g/mol. The summed E-state index contributed by atoms with van der Waals surface area (Å²) in [6, 6.07) is 15.8. The lowest BCUT2D eigenvalue weighted by Crippen LogP contribution is -2.43. The van der Waals surface area contributed by atoms with Gasteiger partial charge in [-0.1, -0.05) is 43.2 Å². The Morgan fingerprint density at radius 1 is 1.12 bits per heavy atom. The Morgan fingerprint density at radius 2 is 1.77 bits per heavy atom. The predicted octanol–water partition coefficient (Wildman–Crippen LogP) is 4.22. The van der Waals surface area contributed by atoms with Crippen LogP contribution in [0.3, 0.4) is 0 Å². The van der Waals surface area contributed by atoms with Crippen molar-refractivity contribution in [3.63, 3.8) is 0 Å². The summed E-state index contributed by atoms with van der Waals surface area (Å²) in [4.78, 5) is 12.6. The molecule has 4 nitrogen and oxygen atoms in total. The number of rotatable bonds is 6. The highest BCUT2D eigenvalue weighted by Crippen LogP contribution is 2.39. The molecule has 0 aromatic heterocycles. The highest BCUT2D eigenvalue weighted by atomic mass is 35.5. The second kappa shape index (κ2) is 8.95. The number of aryl methyl sites for hydroxylation is 1. The first kappa shape index (κ1) is 20.1. The van der Waals surface area contributed by atoms with Crippen molar-refractivity contribution in [2.75, 3.05) is 12.8 Å². The zero-order valence-electron chi connectivity index (χ0n) is 15.2. The number of halogens is 1. The summed E-state index contributed by atoms with van der Waals surface area (Å²) >= 11 is 0. The van der Waals surface area contributed by atoms with Gasteiger partial charge in [0.05, 0.1) is 12.6 Å². The zero-order chi connectivity index (χ0) is 17.7. The van der Waals surface area contributed by atoms with Gasteiger partial charge in [0.1, 0.15) is 5.75 Å². The molecule has 140 valence electrons. The van der Waals surface area contributed by atoms with Crippen LogP contribution in [0, 0.1) is 0 Å². The number of para-hydroxylation sites is 1. The molecule has 0 unspecified atom stereocenters. The van der Waals surface area contributed by atoms with Gasteiger partial charge in [-0.25, -0.2) is 0 Å². The van der Waals surface area contributed by atoms with Gasteiger partial charge in [0.25, 0.3) is 0 Å². The Kier molecular flexibility index (Phi) is 6.92. The van der Waals surface area contributed by atoms with Crippen LogP contribution >= 0.6 is 12.4 Å². The highest BCUT2D eigenvalue weighted by molar-refractivity contribution is 5.85. The first-order chi connectivity index (χ1) is 12.1. The molecule has 0 bridgehead atoms. The third kappa shape index (κ3) is 4.50. The van der Waals surface area contributed by atoms with Crippen LogP contribution in [-0.2, 0) is 16.8 Å². The number of anilines is 1. The van der Waals surface area contributed by atoms with Gasteiger partial charge in [-0.3, -0.25) is 4.79 Å².